The molecule has 0 radical (unpaired) electrons. The molecule has 2 rings (SSSR count). The normalized spacial score (nSPS) is 12.0. The second-order valence-corrected chi connectivity index (χ2v) is 8.17. The topological polar surface area (TPSA) is 43.8 Å². The van der Waals surface area contributed by atoms with E-state index in [0.717, 1.165) is 42.1 Å². The van der Waals surface area contributed by atoms with Crippen LogP contribution in [0.1, 0.15) is 54.5 Å². The highest BCUT2D eigenvalue weighted by atomic mass is 19.4. The molecule has 0 aliphatic rings. The average molecular weight is 490 g/mol. The van der Waals surface area contributed by atoms with Gasteiger partial charge in [-0.3, -0.25) is 4.90 Å². The van der Waals surface area contributed by atoms with Crippen LogP contribution in [0.25, 0.3) is 0 Å². The largest absolute Gasteiger partial charge is 0.465 e. The minimum absolute atomic E-state index is 0.0284. The van der Waals surface area contributed by atoms with Crippen molar-refractivity contribution >= 4 is 11.8 Å². The molecule has 0 aliphatic heterocycles. The van der Waals surface area contributed by atoms with Gasteiger partial charge in [-0.1, -0.05) is 31.5 Å². The van der Waals surface area contributed by atoms with Gasteiger partial charge in [-0.25, -0.2) is 4.79 Å². The van der Waals surface area contributed by atoms with E-state index in [0.29, 0.717) is 17.7 Å². The number of rotatable bonds is 9. The number of halogens is 6. The lowest BCUT2D eigenvalue weighted by Gasteiger charge is -2.29. The minimum atomic E-state index is -5.01. The highest BCUT2D eigenvalue weighted by Gasteiger charge is 2.37. The Morgan fingerprint density at radius 3 is 1.82 bits per heavy atom. The van der Waals surface area contributed by atoms with Crippen molar-refractivity contribution in [2.75, 3.05) is 18.0 Å². The summed E-state index contributed by atoms with van der Waals surface area (Å²) in [6, 6.07) is 6.68. The Kier molecular flexibility index (Phi) is 8.85. The van der Waals surface area contributed by atoms with E-state index in [1.165, 1.54) is 0 Å². The van der Waals surface area contributed by atoms with Crippen molar-refractivity contribution in [1.29, 1.82) is 0 Å². The molecule has 4 nitrogen and oxygen atoms in total. The van der Waals surface area contributed by atoms with Gasteiger partial charge >= 0.3 is 18.4 Å². The molecular formula is C24H28F6N2O2. The number of hydrogen-bond acceptors (Lipinski definition) is 2. The van der Waals surface area contributed by atoms with Crippen LogP contribution in [-0.4, -0.2) is 29.2 Å². The van der Waals surface area contributed by atoms with E-state index in [2.05, 4.69) is 4.90 Å². The Hall–Kier alpha value is -2.91. The Balaban J connectivity index is 2.47. The van der Waals surface area contributed by atoms with Crippen molar-refractivity contribution in [1.82, 2.24) is 4.90 Å². The van der Waals surface area contributed by atoms with Gasteiger partial charge in [0, 0.05) is 25.3 Å². The Morgan fingerprint density at radius 2 is 1.38 bits per heavy atom. The molecule has 2 aromatic carbocycles. The molecule has 1 N–H and O–H groups in total. The fourth-order valence-electron chi connectivity index (χ4n) is 3.77. The number of nitrogens with zero attached hydrogens (tertiary/aromatic N) is 2. The Bertz CT molecular complexity index is 950. The summed E-state index contributed by atoms with van der Waals surface area (Å²) in [5, 5.41) is 9.73. The van der Waals surface area contributed by atoms with Crippen molar-refractivity contribution in [3.05, 3.63) is 64.2 Å². The van der Waals surface area contributed by atoms with Crippen LogP contribution in [0.3, 0.4) is 0 Å². The van der Waals surface area contributed by atoms with Crippen molar-refractivity contribution in [3.8, 4) is 0 Å². The summed E-state index contributed by atoms with van der Waals surface area (Å²) >= 11 is 0. The summed E-state index contributed by atoms with van der Waals surface area (Å²) in [6.07, 6.45) is -9.76. The smallest absolute Gasteiger partial charge is 0.416 e. The zero-order chi connectivity index (χ0) is 25.7. The monoisotopic (exact) mass is 490 g/mol. The van der Waals surface area contributed by atoms with Gasteiger partial charge in [0.15, 0.2) is 0 Å². The maximum atomic E-state index is 13.2. The van der Waals surface area contributed by atoms with Gasteiger partial charge in [-0.05, 0) is 55.2 Å². The number of benzene rings is 2. The number of hydrogen-bond donors (Lipinski definition) is 1. The third-order valence-corrected chi connectivity index (χ3v) is 5.22. The van der Waals surface area contributed by atoms with E-state index >= 15 is 0 Å². The fourth-order valence-corrected chi connectivity index (χ4v) is 3.77. The van der Waals surface area contributed by atoms with E-state index in [-0.39, 0.29) is 12.6 Å². The molecule has 0 heterocycles. The van der Waals surface area contributed by atoms with E-state index in [9.17, 15) is 36.2 Å². The van der Waals surface area contributed by atoms with Gasteiger partial charge < -0.3 is 10.0 Å². The molecule has 0 atom stereocenters. The SMILES string of the molecule is CCCN(CCC)c1ccc(C)cc1CN(Cc1cc(C(F)(F)F)cc(C(F)(F)F)c1)C(=O)O. The Morgan fingerprint density at radius 1 is 0.853 bits per heavy atom. The first-order valence-corrected chi connectivity index (χ1v) is 10.9. The number of carboxylic acid groups (broad SMARTS) is 1. The molecule has 0 aliphatic carbocycles. The van der Waals surface area contributed by atoms with Crippen LogP contribution in [0.5, 0.6) is 0 Å². The summed E-state index contributed by atoms with van der Waals surface area (Å²) < 4.78 is 79.2. The van der Waals surface area contributed by atoms with Crippen molar-refractivity contribution < 1.29 is 36.2 Å². The lowest BCUT2D eigenvalue weighted by atomic mass is 10.0. The second-order valence-electron chi connectivity index (χ2n) is 8.17. The molecule has 188 valence electrons. The first kappa shape index (κ1) is 27.3. The third kappa shape index (κ3) is 7.30. The van der Waals surface area contributed by atoms with Crippen LogP contribution >= 0.6 is 0 Å². The van der Waals surface area contributed by atoms with Gasteiger partial charge in [0.25, 0.3) is 0 Å². The van der Waals surface area contributed by atoms with Gasteiger partial charge in [0.1, 0.15) is 0 Å². The maximum absolute atomic E-state index is 13.2. The number of alkyl halides is 6. The molecule has 0 spiro atoms. The number of anilines is 1. The van der Waals surface area contributed by atoms with Crippen LogP contribution in [0.15, 0.2) is 36.4 Å². The standard InChI is InChI=1S/C24H28F6N2O2/c1-4-8-31(9-5-2)21-7-6-16(3)10-18(21)15-32(22(33)34)14-17-11-19(23(25,26)27)13-20(12-17)24(28,29)30/h6-7,10-13H,4-5,8-9,14-15H2,1-3H3,(H,33,34). The predicted molar refractivity (Wildman–Crippen MR) is 118 cm³/mol. The van der Waals surface area contributed by atoms with Crippen molar-refractivity contribution in [3.63, 3.8) is 0 Å². The van der Waals surface area contributed by atoms with E-state index in [1.54, 1.807) is 6.07 Å². The van der Waals surface area contributed by atoms with Crippen molar-refractivity contribution in [2.45, 2.75) is 59.1 Å². The van der Waals surface area contributed by atoms with Gasteiger partial charge in [-0.15, -0.1) is 0 Å². The van der Waals surface area contributed by atoms with Crippen LogP contribution < -0.4 is 4.90 Å². The molecule has 0 unspecified atom stereocenters. The summed E-state index contributed by atoms with van der Waals surface area (Å²) in [7, 11) is 0. The number of carbonyl (C=O) groups is 1. The van der Waals surface area contributed by atoms with Crippen LogP contribution in [0.4, 0.5) is 36.8 Å². The molecule has 0 aromatic heterocycles. The third-order valence-electron chi connectivity index (χ3n) is 5.22. The predicted octanol–water partition coefficient (Wildman–Crippen LogP) is 7.34. The fraction of sp³-hybridized carbons (Fsp3) is 0.458. The summed E-state index contributed by atoms with van der Waals surface area (Å²) in [5.41, 5.74) is -1.06. The summed E-state index contributed by atoms with van der Waals surface area (Å²) in [5.74, 6) is 0. The van der Waals surface area contributed by atoms with E-state index in [1.807, 2.05) is 32.9 Å². The molecule has 2 aromatic rings. The lowest BCUT2D eigenvalue weighted by molar-refractivity contribution is -0.143. The Labute approximate surface area is 194 Å². The lowest BCUT2D eigenvalue weighted by Crippen LogP contribution is -2.31. The molecular weight excluding hydrogens is 462 g/mol. The summed E-state index contributed by atoms with van der Waals surface area (Å²) in [4.78, 5) is 14.9. The molecule has 0 fully saturated rings. The highest BCUT2D eigenvalue weighted by molar-refractivity contribution is 5.66. The molecule has 0 saturated heterocycles. The van der Waals surface area contributed by atoms with E-state index < -0.39 is 41.7 Å². The zero-order valence-corrected chi connectivity index (χ0v) is 19.2. The second kappa shape index (κ2) is 11.0. The van der Waals surface area contributed by atoms with Gasteiger partial charge in [0.05, 0.1) is 17.7 Å². The van der Waals surface area contributed by atoms with Crippen LogP contribution in [0.2, 0.25) is 0 Å². The quantitative estimate of drug-likeness (QED) is 0.374. The summed E-state index contributed by atoms with van der Waals surface area (Å²) in [6.45, 7) is 6.47. The van der Waals surface area contributed by atoms with Crippen LogP contribution in [-0.2, 0) is 25.4 Å². The first-order chi connectivity index (χ1) is 15.8. The molecule has 34 heavy (non-hydrogen) atoms. The van der Waals surface area contributed by atoms with E-state index in [4.69, 9.17) is 0 Å². The zero-order valence-electron chi connectivity index (χ0n) is 19.2. The number of amides is 1. The number of aryl methyl sites for hydroxylation is 1. The molecule has 0 bridgehead atoms. The molecule has 10 heteroatoms. The molecule has 0 saturated carbocycles. The maximum Gasteiger partial charge on any atom is 0.416 e. The van der Waals surface area contributed by atoms with Gasteiger partial charge in [0.2, 0.25) is 0 Å². The van der Waals surface area contributed by atoms with Gasteiger partial charge in [-0.2, -0.15) is 26.3 Å². The minimum Gasteiger partial charge on any atom is -0.465 e. The average Bonchev–Trinajstić information content (AvgIpc) is 2.72. The van der Waals surface area contributed by atoms with Crippen LogP contribution in [0, 0.1) is 6.92 Å². The highest BCUT2D eigenvalue weighted by Crippen LogP contribution is 2.36. The molecule has 1 amide bonds. The first-order valence-electron chi connectivity index (χ1n) is 10.9. The van der Waals surface area contributed by atoms with Crippen molar-refractivity contribution in [2.24, 2.45) is 0 Å².